The third kappa shape index (κ3) is 4.23. The van der Waals surface area contributed by atoms with Crippen LogP contribution in [0, 0.1) is 16.0 Å². The first-order valence-electron chi connectivity index (χ1n) is 8.55. The highest BCUT2D eigenvalue weighted by atomic mass is 16.6. The Morgan fingerprint density at radius 2 is 2.12 bits per heavy atom. The number of non-ortho nitro benzene ring substituents is 1. The highest BCUT2D eigenvalue weighted by Crippen LogP contribution is 2.23. The topological polar surface area (TPSA) is 68.1 Å². The van der Waals surface area contributed by atoms with Crippen molar-refractivity contribution in [2.75, 3.05) is 52.5 Å². The summed E-state index contributed by atoms with van der Waals surface area (Å²) in [4.78, 5) is 15.3. The van der Waals surface area contributed by atoms with E-state index in [0.29, 0.717) is 24.3 Å². The number of benzene rings is 1. The number of likely N-dealkylation sites (tertiary alicyclic amines) is 1. The Balaban J connectivity index is 1.45. The number of ether oxygens (including phenoxy) is 2. The Kier molecular flexibility index (Phi) is 5.65. The van der Waals surface area contributed by atoms with Crippen molar-refractivity contribution in [3.63, 3.8) is 0 Å². The molecule has 2 fully saturated rings. The zero-order chi connectivity index (χ0) is 16.9. The summed E-state index contributed by atoms with van der Waals surface area (Å²) in [6.45, 7) is 9.53. The normalized spacial score (nSPS) is 25.7. The van der Waals surface area contributed by atoms with Crippen LogP contribution in [0.3, 0.4) is 0 Å². The second-order valence-corrected chi connectivity index (χ2v) is 6.56. The van der Waals surface area contributed by atoms with Gasteiger partial charge in [-0.2, -0.15) is 0 Å². The number of nitro benzene ring substituents is 1. The SMILES string of the molecule is C[C@@H]1CN(CCOc2cccc([N+](=O)[O-])c2)C[C@H]1N1CCOCC1. The van der Waals surface area contributed by atoms with E-state index in [9.17, 15) is 10.1 Å². The van der Waals surface area contributed by atoms with Crippen molar-refractivity contribution >= 4 is 5.69 Å². The van der Waals surface area contributed by atoms with Gasteiger partial charge in [0.05, 0.1) is 24.2 Å². The van der Waals surface area contributed by atoms with Gasteiger partial charge in [0.25, 0.3) is 5.69 Å². The Morgan fingerprint density at radius 1 is 1.33 bits per heavy atom. The maximum Gasteiger partial charge on any atom is 0.273 e. The Labute approximate surface area is 142 Å². The van der Waals surface area contributed by atoms with Gasteiger partial charge in [0.1, 0.15) is 12.4 Å². The van der Waals surface area contributed by atoms with Gasteiger partial charge >= 0.3 is 0 Å². The van der Waals surface area contributed by atoms with E-state index < -0.39 is 4.92 Å². The Hall–Kier alpha value is -1.70. The van der Waals surface area contributed by atoms with Crippen molar-refractivity contribution < 1.29 is 14.4 Å². The molecule has 1 aromatic rings. The summed E-state index contributed by atoms with van der Waals surface area (Å²) in [7, 11) is 0. The Morgan fingerprint density at radius 3 is 2.88 bits per heavy atom. The molecule has 0 radical (unpaired) electrons. The molecule has 0 unspecified atom stereocenters. The van der Waals surface area contributed by atoms with Crippen LogP contribution in [0.15, 0.2) is 24.3 Å². The van der Waals surface area contributed by atoms with Crippen LogP contribution in [0.5, 0.6) is 5.75 Å². The maximum absolute atomic E-state index is 10.8. The second kappa shape index (κ2) is 7.92. The molecular weight excluding hydrogens is 310 g/mol. The molecule has 2 aliphatic rings. The van der Waals surface area contributed by atoms with Crippen molar-refractivity contribution in [1.82, 2.24) is 9.80 Å². The Bertz CT molecular complexity index is 563. The van der Waals surface area contributed by atoms with Crippen LogP contribution in [-0.4, -0.2) is 73.3 Å². The average Bonchev–Trinajstić information content (AvgIpc) is 2.96. The largest absolute Gasteiger partial charge is 0.492 e. The molecule has 3 rings (SSSR count). The lowest BCUT2D eigenvalue weighted by Crippen LogP contribution is -2.46. The van der Waals surface area contributed by atoms with E-state index in [4.69, 9.17) is 9.47 Å². The summed E-state index contributed by atoms with van der Waals surface area (Å²) in [5.41, 5.74) is 0.0645. The molecule has 0 aliphatic carbocycles. The summed E-state index contributed by atoms with van der Waals surface area (Å²) in [5.74, 6) is 1.20. The molecule has 1 aromatic carbocycles. The summed E-state index contributed by atoms with van der Waals surface area (Å²) < 4.78 is 11.1. The minimum atomic E-state index is -0.401. The average molecular weight is 335 g/mol. The van der Waals surface area contributed by atoms with Gasteiger partial charge in [-0.3, -0.25) is 19.9 Å². The number of hydrogen-bond acceptors (Lipinski definition) is 6. The van der Waals surface area contributed by atoms with E-state index in [0.717, 1.165) is 45.9 Å². The second-order valence-electron chi connectivity index (χ2n) is 6.56. The van der Waals surface area contributed by atoms with Gasteiger partial charge in [0.15, 0.2) is 0 Å². The fourth-order valence-corrected chi connectivity index (χ4v) is 3.59. The first kappa shape index (κ1) is 17.1. The molecule has 2 heterocycles. The molecule has 0 aromatic heterocycles. The molecule has 7 nitrogen and oxygen atoms in total. The van der Waals surface area contributed by atoms with Crippen LogP contribution < -0.4 is 4.74 Å². The molecule has 0 bridgehead atoms. The zero-order valence-corrected chi connectivity index (χ0v) is 14.1. The molecule has 2 saturated heterocycles. The number of rotatable bonds is 6. The van der Waals surface area contributed by atoms with E-state index in [1.165, 1.54) is 12.1 Å². The van der Waals surface area contributed by atoms with Crippen molar-refractivity contribution in [3.05, 3.63) is 34.4 Å². The molecular formula is C17H25N3O4. The zero-order valence-electron chi connectivity index (χ0n) is 14.1. The van der Waals surface area contributed by atoms with Crippen LogP contribution in [0.25, 0.3) is 0 Å². The van der Waals surface area contributed by atoms with Crippen molar-refractivity contribution in [2.45, 2.75) is 13.0 Å². The van der Waals surface area contributed by atoms with Crippen LogP contribution >= 0.6 is 0 Å². The number of hydrogen-bond donors (Lipinski definition) is 0. The van der Waals surface area contributed by atoms with Gasteiger partial charge in [-0.1, -0.05) is 13.0 Å². The number of nitrogens with zero attached hydrogens (tertiary/aromatic N) is 3. The lowest BCUT2D eigenvalue weighted by atomic mass is 10.0. The monoisotopic (exact) mass is 335 g/mol. The van der Waals surface area contributed by atoms with Gasteiger partial charge in [-0.15, -0.1) is 0 Å². The van der Waals surface area contributed by atoms with Crippen LogP contribution in [-0.2, 0) is 4.74 Å². The summed E-state index contributed by atoms with van der Waals surface area (Å²) >= 11 is 0. The maximum atomic E-state index is 10.8. The molecule has 0 amide bonds. The standard InChI is InChI=1S/C17H25N3O4/c1-14-12-18(13-17(14)19-6-8-23-9-7-19)5-10-24-16-4-2-3-15(11-16)20(21)22/h2-4,11,14,17H,5-10,12-13H2,1H3/t14-,17-/m1/s1. The number of nitro groups is 1. The third-order valence-corrected chi connectivity index (χ3v) is 4.87. The fraction of sp³-hybridized carbons (Fsp3) is 0.647. The molecule has 0 saturated carbocycles. The van der Waals surface area contributed by atoms with E-state index in [1.54, 1.807) is 12.1 Å². The summed E-state index contributed by atoms with van der Waals surface area (Å²) in [5, 5.41) is 10.8. The molecule has 132 valence electrons. The highest BCUT2D eigenvalue weighted by Gasteiger charge is 2.34. The van der Waals surface area contributed by atoms with Crippen LogP contribution in [0.1, 0.15) is 6.92 Å². The molecule has 2 aliphatic heterocycles. The molecule has 7 heteroatoms. The van der Waals surface area contributed by atoms with Gasteiger partial charge in [0.2, 0.25) is 0 Å². The van der Waals surface area contributed by atoms with Gasteiger partial charge in [-0.05, 0) is 12.0 Å². The van der Waals surface area contributed by atoms with Crippen molar-refractivity contribution in [2.24, 2.45) is 5.92 Å². The smallest absolute Gasteiger partial charge is 0.273 e. The van der Waals surface area contributed by atoms with Gasteiger partial charge in [0, 0.05) is 44.8 Å². The third-order valence-electron chi connectivity index (χ3n) is 4.87. The summed E-state index contributed by atoms with van der Waals surface area (Å²) in [6, 6.07) is 6.95. The molecule has 0 N–H and O–H groups in total. The lowest BCUT2D eigenvalue weighted by molar-refractivity contribution is -0.384. The van der Waals surface area contributed by atoms with E-state index >= 15 is 0 Å². The van der Waals surface area contributed by atoms with Crippen LogP contribution in [0.2, 0.25) is 0 Å². The predicted octanol–water partition coefficient (Wildman–Crippen LogP) is 1.63. The van der Waals surface area contributed by atoms with Crippen molar-refractivity contribution in [1.29, 1.82) is 0 Å². The summed E-state index contributed by atoms with van der Waals surface area (Å²) in [6.07, 6.45) is 0. The first-order valence-corrected chi connectivity index (χ1v) is 8.55. The molecule has 0 spiro atoms. The molecule has 24 heavy (non-hydrogen) atoms. The van der Waals surface area contributed by atoms with E-state index in [1.807, 2.05) is 0 Å². The number of morpholine rings is 1. The molecule has 2 atom stereocenters. The van der Waals surface area contributed by atoms with Gasteiger partial charge < -0.3 is 9.47 Å². The van der Waals surface area contributed by atoms with Crippen LogP contribution in [0.4, 0.5) is 5.69 Å². The van der Waals surface area contributed by atoms with E-state index in [2.05, 4.69) is 16.7 Å². The van der Waals surface area contributed by atoms with Crippen molar-refractivity contribution in [3.8, 4) is 5.75 Å². The predicted molar refractivity (Wildman–Crippen MR) is 90.4 cm³/mol. The minimum absolute atomic E-state index is 0.0645. The fourth-order valence-electron chi connectivity index (χ4n) is 3.59. The highest BCUT2D eigenvalue weighted by molar-refractivity contribution is 5.37. The quantitative estimate of drug-likeness (QED) is 0.581. The minimum Gasteiger partial charge on any atom is -0.492 e. The lowest BCUT2D eigenvalue weighted by Gasteiger charge is -2.34. The van der Waals surface area contributed by atoms with E-state index in [-0.39, 0.29) is 5.69 Å². The van der Waals surface area contributed by atoms with Gasteiger partial charge in [-0.25, -0.2) is 0 Å². The first-order chi connectivity index (χ1) is 11.6.